The Kier molecular flexibility index (Phi) is 4.78. The molecule has 0 aromatic rings. The molecule has 1 atom stereocenters. The lowest BCUT2D eigenvalue weighted by molar-refractivity contribution is -0.0972. The van der Waals surface area contributed by atoms with Crippen molar-refractivity contribution in [3.63, 3.8) is 0 Å². The summed E-state index contributed by atoms with van der Waals surface area (Å²) in [5, 5.41) is 0. The van der Waals surface area contributed by atoms with Gasteiger partial charge in [-0.2, -0.15) is 0 Å². The number of nitrogens with zero attached hydrogens (tertiary/aromatic N) is 1. The zero-order valence-electron chi connectivity index (χ0n) is 10.0. The topological polar surface area (TPSA) is 38.8 Å². The lowest BCUT2D eigenvalue weighted by atomic mass is 10.2. The summed E-state index contributed by atoms with van der Waals surface area (Å²) in [6.07, 6.45) is -6.01. The second-order valence-electron chi connectivity index (χ2n) is 4.34. The third-order valence-electron chi connectivity index (χ3n) is 2.58. The normalized spacial score (nSPS) is 23.7. The van der Waals surface area contributed by atoms with Gasteiger partial charge in [0, 0.05) is 12.6 Å². The molecule has 1 saturated heterocycles. The molecule has 0 radical (unpaired) electrons. The maximum atomic E-state index is 13.5. The van der Waals surface area contributed by atoms with E-state index in [2.05, 4.69) is 9.47 Å². The van der Waals surface area contributed by atoms with Crippen molar-refractivity contribution in [1.82, 2.24) is 4.90 Å². The summed E-state index contributed by atoms with van der Waals surface area (Å²) in [6.45, 7) is 1.62. The van der Waals surface area contributed by atoms with Gasteiger partial charge in [0.15, 0.2) is 12.7 Å². The number of hydrogen-bond acceptors (Lipinski definition) is 4. The summed E-state index contributed by atoms with van der Waals surface area (Å²) < 4.78 is 58.8. The summed E-state index contributed by atoms with van der Waals surface area (Å²) in [7, 11) is 0. The SMILES string of the molecule is CC(C)N1C[C@H](OC(=O)OCC(F)F)C(F)(F)C1. The lowest BCUT2D eigenvalue weighted by Gasteiger charge is -2.18. The lowest BCUT2D eigenvalue weighted by Crippen LogP contribution is -2.36. The van der Waals surface area contributed by atoms with E-state index >= 15 is 0 Å². The van der Waals surface area contributed by atoms with Crippen LogP contribution in [0.1, 0.15) is 13.8 Å². The Morgan fingerprint density at radius 1 is 1.44 bits per heavy atom. The minimum Gasteiger partial charge on any atom is -0.428 e. The van der Waals surface area contributed by atoms with E-state index in [9.17, 15) is 22.4 Å². The van der Waals surface area contributed by atoms with Crippen LogP contribution in [0, 0.1) is 0 Å². The zero-order chi connectivity index (χ0) is 13.9. The number of hydrogen-bond donors (Lipinski definition) is 0. The van der Waals surface area contributed by atoms with Gasteiger partial charge in [-0.1, -0.05) is 0 Å². The summed E-state index contributed by atoms with van der Waals surface area (Å²) in [4.78, 5) is 12.4. The summed E-state index contributed by atoms with van der Waals surface area (Å²) in [5.41, 5.74) is 0. The molecule has 0 aromatic heterocycles. The van der Waals surface area contributed by atoms with E-state index < -0.39 is 37.8 Å². The highest BCUT2D eigenvalue weighted by Crippen LogP contribution is 2.31. The number of halogens is 4. The maximum absolute atomic E-state index is 13.5. The molecule has 0 aromatic carbocycles. The van der Waals surface area contributed by atoms with Crippen molar-refractivity contribution < 1.29 is 31.8 Å². The van der Waals surface area contributed by atoms with Crippen LogP contribution in [0.25, 0.3) is 0 Å². The third kappa shape index (κ3) is 4.01. The van der Waals surface area contributed by atoms with Crippen molar-refractivity contribution in [2.45, 2.75) is 38.3 Å². The molecule has 0 aliphatic carbocycles. The van der Waals surface area contributed by atoms with Gasteiger partial charge in [0.2, 0.25) is 0 Å². The second kappa shape index (κ2) is 5.73. The van der Waals surface area contributed by atoms with E-state index in [1.807, 2.05) is 0 Å². The van der Waals surface area contributed by atoms with Gasteiger partial charge < -0.3 is 9.47 Å². The standard InChI is InChI=1S/C10H15F4NO3/c1-6(2)15-3-7(10(13,14)5-15)18-9(16)17-4-8(11)12/h6-8H,3-5H2,1-2H3/t7-/m0/s1. The van der Waals surface area contributed by atoms with Gasteiger partial charge in [-0.3, -0.25) is 4.90 Å². The Labute approximate surface area is 102 Å². The van der Waals surface area contributed by atoms with E-state index in [0.29, 0.717) is 0 Å². The molecule has 0 unspecified atom stereocenters. The summed E-state index contributed by atoms with van der Waals surface area (Å²) >= 11 is 0. The van der Waals surface area contributed by atoms with Crippen LogP contribution in [0.3, 0.4) is 0 Å². The first-order valence-corrected chi connectivity index (χ1v) is 5.46. The van der Waals surface area contributed by atoms with Gasteiger partial charge in [-0.15, -0.1) is 0 Å². The third-order valence-corrected chi connectivity index (χ3v) is 2.58. The molecule has 1 aliphatic rings. The first-order valence-electron chi connectivity index (χ1n) is 5.46. The number of carbonyl (C=O) groups is 1. The molecule has 8 heteroatoms. The Hall–Kier alpha value is -1.05. The van der Waals surface area contributed by atoms with Crippen LogP contribution in [0.5, 0.6) is 0 Å². The fraction of sp³-hybridized carbons (Fsp3) is 0.900. The van der Waals surface area contributed by atoms with E-state index in [1.54, 1.807) is 13.8 Å². The Morgan fingerprint density at radius 3 is 2.50 bits per heavy atom. The molecule has 0 amide bonds. The van der Waals surface area contributed by atoms with Crippen molar-refractivity contribution >= 4 is 6.16 Å². The van der Waals surface area contributed by atoms with Crippen LogP contribution in [0.15, 0.2) is 0 Å². The molecule has 0 spiro atoms. The van der Waals surface area contributed by atoms with Crippen molar-refractivity contribution in [3.05, 3.63) is 0 Å². The number of likely N-dealkylation sites (tertiary alicyclic amines) is 1. The van der Waals surface area contributed by atoms with Gasteiger partial charge >= 0.3 is 6.16 Å². The number of carbonyl (C=O) groups excluding carboxylic acids is 1. The number of ether oxygens (including phenoxy) is 2. The molecular formula is C10H15F4NO3. The molecule has 18 heavy (non-hydrogen) atoms. The van der Waals surface area contributed by atoms with Crippen LogP contribution in [-0.2, 0) is 9.47 Å². The monoisotopic (exact) mass is 273 g/mol. The van der Waals surface area contributed by atoms with Crippen molar-refractivity contribution in [3.8, 4) is 0 Å². The van der Waals surface area contributed by atoms with Crippen LogP contribution >= 0.6 is 0 Å². The van der Waals surface area contributed by atoms with E-state index in [4.69, 9.17) is 0 Å². The molecule has 1 heterocycles. The molecule has 1 rings (SSSR count). The van der Waals surface area contributed by atoms with Crippen LogP contribution in [0.2, 0.25) is 0 Å². The largest absolute Gasteiger partial charge is 0.509 e. The van der Waals surface area contributed by atoms with E-state index in [-0.39, 0.29) is 12.6 Å². The van der Waals surface area contributed by atoms with Crippen molar-refractivity contribution in [2.24, 2.45) is 0 Å². The van der Waals surface area contributed by atoms with Gasteiger partial charge in [0.05, 0.1) is 6.54 Å². The molecule has 4 nitrogen and oxygen atoms in total. The van der Waals surface area contributed by atoms with Gasteiger partial charge in [-0.05, 0) is 13.8 Å². The maximum Gasteiger partial charge on any atom is 0.509 e. The Morgan fingerprint density at radius 2 is 2.06 bits per heavy atom. The molecule has 1 aliphatic heterocycles. The fourth-order valence-electron chi connectivity index (χ4n) is 1.58. The molecule has 0 saturated carbocycles. The van der Waals surface area contributed by atoms with Gasteiger partial charge in [0.25, 0.3) is 12.3 Å². The highest BCUT2D eigenvalue weighted by Gasteiger charge is 2.51. The molecular weight excluding hydrogens is 258 g/mol. The van der Waals surface area contributed by atoms with Crippen molar-refractivity contribution in [2.75, 3.05) is 19.7 Å². The molecule has 0 N–H and O–H groups in total. The first kappa shape index (κ1) is 15.0. The summed E-state index contributed by atoms with van der Waals surface area (Å²) in [6, 6.07) is -0.124. The second-order valence-corrected chi connectivity index (χ2v) is 4.34. The Balaban J connectivity index is 2.48. The molecule has 0 bridgehead atoms. The average Bonchev–Trinajstić information content (AvgIpc) is 2.52. The quantitative estimate of drug-likeness (QED) is 0.581. The smallest absolute Gasteiger partial charge is 0.428 e. The van der Waals surface area contributed by atoms with Crippen LogP contribution in [-0.4, -0.2) is 55.2 Å². The highest BCUT2D eigenvalue weighted by molar-refractivity contribution is 5.60. The highest BCUT2D eigenvalue weighted by atomic mass is 19.3. The zero-order valence-corrected chi connectivity index (χ0v) is 10.0. The molecule has 1 fully saturated rings. The fourth-order valence-corrected chi connectivity index (χ4v) is 1.58. The number of rotatable bonds is 4. The van der Waals surface area contributed by atoms with Crippen LogP contribution < -0.4 is 0 Å². The molecule has 106 valence electrons. The summed E-state index contributed by atoms with van der Waals surface area (Å²) in [5.74, 6) is -3.20. The van der Waals surface area contributed by atoms with Crippen LogP contribution in [0.4, 0.5) is 22.4 Å². The Bertz CT molecular complexity index is 299. The van der Waals surface area contributed by atoms with Gasteiger partial charge in [-0.25, -0.2) is 22.4 Å². The first-order chi connectivity index (χ1) is 8.22. The minimum atomic E-state index is -3.20. The van der Waals surface area contributed by atoms with E-state index in [0.717, 1.165) is 0 Å². The van der Waals surface area contributed by atoms with Gasteiger partial charge in [0.1, 0.15) is 0 Å². The predicted octanol–water partition coefficient (Wildman–Crippen LogP) is 2.13. The predicted molar refractivity (Wildman–Crippen MR) is 53.9 cm³/mol. The number of alkyl halides is 4. The minimum absolute atomic E-state index is 0.124. The van der Waals surface area contributed by atoms with E-state index in [1.165, 1.54) is 4.90 Å². The van der Waals surface area contributed by atoms with Crippen molar-refractivity contribution in [1.29, 1.82) is 0 Å². The average molecular weight is 273 g/mol.